The van der Waals surface area contributed by atoms with Crippen molar-refractivity contribution in [2.75, 3.05) is 0 Å². The molecule has 0 amide bonds. The Morgan fingerprint density at radius 2 is 1.36 bits per heavy atom. The average Bonchev–Trinajstić information content (AvgIpc) is 3.68. The van der Waals surface area contributed by atoms with E-state index in [1.54, 1.807) is 30.3 Å². The number of fused-ring (bicyclic) bond motifs is 3. The molecule has 222 valence electrons. The third kappa shape index (κ3) is 6.04. The molecule has 44 heavy (non-hydrogen) atoms. The largest absolute Gasteiger partial charge is 0.457 e. The first-order chi connectivity index (χ1) is 21.4. The van der Waals surface area contributed by atoms with Crippen LogP contribution in [0.4, 0.5) is 0 Å². The van der Waals surface area contributed by atoms with Crippen molar-refractivity contribution < 1.29 is 24.0 Å². The van der Waals surface area contributed by atoms with Crippen LogP contribution in [0.5, 0.6) is 11.5 Å². The van der Waals surface area contributed by atoms with Gasteiger partial charge in [0, 0.05) is 52.0 Å². The number of nitrogens with zero attached hydrogens (tertiary/aromatic N) is 2. The molecular weight excluding hydrogens is 552 g/mol. The van der Waals surface area contributed by atoms with Gasteiger partial charge in [0.15, 0.2) is 5.78 Å². The van der Waals surface area contributed by atoms with Gasteiger partial charge < -0.3 is 14.1 Å². The van der Waals surface area contributed by atoms with Gasteiger partial charge in [-0.25, -0.2) is 4.79 Å². The standard InChI is InChI=1S/C37H34N2O5/c1-3-39-34-19-15-27(36(41)26-13-17-30(18-14-26)43-29-11-5-4-6-12-29)22-31(34)32-23-28(16-20-35(32)39)37(42)33(38-44-24(2)40)21-25-9-7-8-10-25/h4-6,11-20,22-23,25H,3,7-10,21H2,1-2H3/b38-33+. The molecule has 7 heteroatoms. The molecular formula is C37H34N2O5. The molecule has 1 aliphatic carbocycles. The molecule has 1 fully saturated rings. The van der Waals surface area contributed by atoms with Crippen LogP contribution in [0.3, 0.4) is 0 Å². The summed E-state index contributed by atoms with van der Waals surface area (Å²) in [4.78, 5) is 43.7. The maximum absolute atomic E-state index is 13.7. The van der Waals surface area contributed by atoms with Gasteiger partial charge in [0.1, 0.15) is 17.2 Å². The second-order valence-corrected chi connectivity index (χ2v) is 11.3. The molecule has 1 aromatic heterocycles. The summed E-state index contributed by atoms with van der Waals surface area (Å²) in [5, 5.41) is 5.75. The normalized spacial score (nSPS) is 13.8. The summed E-state index contributed by atoms with van der Waals surface area (Å²) in [6, 6.07) is 28.0. The highest BCUT2D eigenvalue weighted by molar-refractivity contribution is 6.46. The first-order valence-corrected chi connectivity index (χ1v) is 15.1. The van der Waals surface area contributed by atoms with Crippen LogP contribution in [-0.2, 0) is 16.2 Å². The maximum Gasteiger partial charge on any atom is 0.331 e. The third-order valence-electron chi connectivity index (χ3n) is 8.30. The number of rotatable bonds is 10. The highest BCUT2D eigenvalue weighted by Gasteiger charge is 2.24. The summed E-state index contributed by atoms with van der Waals surface area (Å²) in [6.07, 6.45) is 4.82. The van der Waals surface area contributed by atoms with Crippen molar-refractivity contribution >= 4 is 45.1 Å². The fraction of sp³-hybridized carbons (Fsp3) is 0.243. The van der Waals surface area contributed by atoms with Crippen molar-refractivity contribution in [2.45, 2.75) is 52.5 Å². The molecule has 0 spiro atoms. The lowest BCUT2D eigenvalue weighted by Crippen LogP contribution is -2.19. The molecule has 0 bridgehead atoms. The van der Waals surface area contributed by atoms with Gasteiger partial charge in [-0.2, -0.15) is 0 Å². The number of carbonyl (C=O) groups is 3. The molecule has 4 aromatic carbocycles. The number of aryl methyl sites for hydroxylation is 1. The summed E-state index contributed by atoms with van der Waals surface area (Å²) < 4.78 is 8.05. The number of hydrogen-bond acceptors (Lipinski definition) is 6. The van der Waals surface area contributed by atoms with Crippen molar-refractivity contribution in [1.29, 1.82) is 0 Å². The zero-order valence-corrected chi connectivity index (χ0v) is 24.9. The van der Waals surface area contributed by atoms with Crippen LogP contribution in [0.2, 0.25) is 0 Å². The molecule has 1 saturated carbocycles. The number of para-hydroxylation sites is 1. The van der Waals surface area contributed by atoms with Crippen molar-refractivity contribution in [2.24, 2.45) is 11.1 Å². The van der Waals surface area contributed by atoms with Gasteiger partial charge >= 0.3 is 5.97 Å². The molecule has 1 aliphatic rings. The summed E-state index contributed by atoms with van der Waals surface area (Å²) >= 11 is 0. The lowest BCUT2D eigenvalue weighted by molar-refractivity contribution is -0.140. The summed E-state index contributed by atoms with van der Waals surface area (Å²) in [6.45, 7) is 4.07. The quantitative estimate of drug-likeness (QED) is 0.0708. The lowest BCUT2D eigenvalue weighted by Gasteiger charge is -2.11. The van der Waals surface area contributed by atoms with Crippen molar-refractivity contribution in [3.63, 3.8) is 0 Å². The highest BCUT2D eigenvalue weighted by atomic mass is 16.7. The van der Waals surface area contributed by atoms with Crippen LogP contribution in [0.1, 0.15) is 72.2 Å². The number of oxime groups is 1. The lowest BCUT2D eigenvalue weighted by atomic mass is 9.95. The third-order valence-corrected chi connectivity index (χ3v) is 8.30. The number of carbonyl (C=O) groups excluding carboxylic acids is 3. The number of ether oxygens (including phenoxy) is 1. The summed E-state index contributed by atoms with van der Waals surface area (Å²) in [7, 11) is 0. The predicted molar refractivity (Wildman–Crippen MR) is 172 cm³/mol. The van der Waals surface area contributed by atoms with Crippen molar-refractivity contribution in [3.05, 3.63) is 108 Å². The zero-order valence-electron chi connectivity index (χ0n) is 24.9. The van der Waals surface area contributed by atoms with E-state index >= 15 is 0 Å². The van der Waals surface area contributed by atoms with E-state index in [0.717, 1.165) is 59.8 Å². The monoisotopic (exact) mass is 586 g/mol. The Morgan fingerprint density at radius 1 is 0.773 bits per heavy atom. The number of hydrogen-bond donors (Lipinski definition) is 0. The van der Waals surface area contributed by atoms with E-state index in [1.165, 1.54) is 6.92 Å². The van der Waals surface area contributed by atoms with E-state index < -0.39 is 5.97 Å². The molecule has 0 N–H and O–H groups in total. The SMILES string of the molecule is CCn1c2ccc(C(=O)/C(CC3CCCC3)=N/OC(C)=O)cc2c2cc(C(=O)c3ccc(Oc4ccccc4)cc3)ccc21. The topological polar surface area (TPSA) is 87.0 Å². The van der Waals surface area contributed by atoms with Gasteiger partial charge in [-0.15, -0.1) is 0 Å². The second-order valence-electron chi connectivity index (χ2n) is 11.3. The zero-order chi connectivity index (χ0) is 30.6. The minimum absolute atomic E-state index is 0.102. The van der Waals surface area contributed by atoms with Crippen molar-refractivity contribution in [1.82, 2.24) is 4.57 Å². The fourth-order valence-corrected chi connectivity index (χ4v) is 6.14. The van der Waals surface area contributed by atoms with Gasteiger partial charge in [-0.3, -0.25) is 9.59 Å². The fourth-order valence-electron chi connectivity index (χ4n) is 6.14. The Morgan fingerprint density at radius 3 is 2.00 bits per heavy atom. The number of aromatic nitrogens is 1. The van der Waals surface area contributed by atoms with Crippen LogP contribution in [0.15, 0.2) is 96.2 Å². The van der Waals surface area contributed by atoms with Gasteiger partial charge in [0.2, 0.25) is 5.78 Å². The van der Waals surface area contributed by atoms with E-state index in [9.17, 15) is 14.4 Å². The van der Waals surface area contributed by atoms with E-state index in [1.807, 2.05) is 60.7 Å². The Labute approximate surface area is 256 Å². The number of benzene rings is 4. The number of Topliss-reactive ketones (excluding diaryl/α,β-unsaturated/α-hetero) is 1. The maximum atomic E-state index is 13.7. The Bertz CT molecular complexity index is 1880. The van der Waals surface area contributed by atoms with Crippen molar-refractivity contribution in [3.8, 4) is 11.5 Å². The average molecular weight is 587 g/mol. The van der Waals surface area contributed by atoms with Crippen LogP contribution < -0.4 is 4.74 Å². The molecule has 0 saturated heterocycles. The molecule has 5 aromatic rings. The Balaban J connectivity index is 1.33. The van der Waals surface area contributed by atoms with E-state index in [0.29, 0.717) is 34.8 Å². The Hall–Kier alpha value is -5.04. The predicted octanol–water partition coefficient (Wildman–Crippen LogP) is 8.52. The Kier molecular flexibility index (Phi) is 8.37. The molecule has 0 aliphatic heterocycles. The molecule has 7 nitrogen and oxygen atoms in total. The van der Waals surface area contributed by atoms with E-state index in [-0.39, 0.29) is 17.3 Å². The smallest absolute Gasteiger partial charge is 0.331 e. The summed E-state index contributed by atoms with van der Waals surface area (Å²) in [5.41, 5.74) is 3.80. The second kappa shape index (κ2) is 12.7. The van der Waals surface area contributed by atoms with Gasteiger partial charge in [-0.05, 0) is 92.1 Å². The van der Waals surface area contributed by atoms with Gasteiger partial charge in [0.25, 0.3) is 0 Å². The van der Waals surface area contributed by atoms with Gasteiger partial charge in [0.05, 0.1) is 0 Å². The molecule has 1 heterocycles. The molecule has 0 atom stereocenters. The first-order valence-electron chi connectivity index (χ1n) is 15.1. The van der Waals surface area contributed by atoms with E-state index in [2.05, 4.69) is 16.6 Å². The molecule has 0 unspecified atom stereocenters. The molecule has 0 radical (unpaired) electrons. The highest BCUT2D eigenvalue weighted by Crippen LogP contribution is 2.33. The van der Waals surface area contributed by atoms with Crippen LogP contribution in [0.25, 0.3) is 21.8 Å². The van der Waals surface area contributed by atoms with E-state index in [4.69, 9.17) is 9.57 Å². The van der Waals surface area contributed by atoms with Crippen LogP contribution in [-0.4, -0.2) is 27.8 Å². The van der Waals surface area contributed by atoms with Crippen LogP contribution >= 0.6 is 0 Å². The minimum Gasteiger partial charge on any atom is -0.457 e. The first kappa shape index (κ1) is 29.1. The van der Waals surface area contributed by atoms with Crippen LogP contribution in [0, 0.1) is 5.92 Å². The number of ketones is 2. The van der Waals surface area contributed by atoms with Gasteiger partial charge in [-0.1, -0.05) is 49.0 Å². The minimum atomic E-state index is -0.557. The molecule has 6 rings (SSSR count). The summed E-state index contributed by atoms with van der Waals surface area (Å²) in [5.74, 6) is 0.824.